The third-order valence-corrected chi connectivity index (χ3v) is 8.91. The molecule has 0 saturated heterocycles. The van der Waals surface area contributed by atoms with E-state index in [2.05, 4.69) is 116 Å². The Hall–Kier alpha value is -3.95. The fourth-order valence-electron chi connectivity index (χ4n) is 6.77. The van der Waals surface area contributed by atoms with Crippen LogP contribution in [0.25, 0.3) is 49.7 Å². The van der Waals surface area contributed by atoms with E-state index in [1.165, 1.54) is 54.7 Å². The lowest BCUT2D eigenvalue weighted by Gasteiger charge is -2.30. The molecular weight excluding hydrogens is 490 g/mol. The minimum absolute atomic E-state index is 0.0536. The first-order valence-corrected chi connectivity index (χ1v) is 14.4. The van der Waals surface area contributed by atoms with Crippen molar-refractivity contribution in [3.63, 3.8) is 0 Å². The third-order valence-electron chi connectivity index (χ3n) is 8.91. The smallest absolute Gasteiger partial charge is 0.222 e. The summed E-state index contributed by atoms with van der Waals surface area (Å²) in [7, 11) is 1.70. The van der Waals surface area contributed by atoms with Crippen molar-refractivity contribution in [3.8, 4) is 11.3 Å². The molecule has 2 heterocycles. The van der Waals surface area contributed by atoms with Gasteiger partial charge in [-0.3, -0.25) is 0 Å². The van der Waals surface area contributed by atoms with Crippen LogP contribution in [-0.4, -0.2) is 19.8 Å². The summed E-state index contributed by atoms with van der Waals surface area (Å²) in [6.07, 6.45) is 8.63. The van der Waals surface area contributed by atoms with E-state index in [1.54, 1.807) is 7.11 Å². The minimum Gasteiger partial charge on any atom is -0.502 e. The molecule has 0 bridgehead atoms. The zero-order valence-corrected chi connectivity index (χ0v) is 24.2. The topological polar surface area (TPSA) is 22.3 Å². The van der Waals surface area contributed by atoms with Crippen LogP contribution < -0.4 is 4.57 Å². The molecule has 0 radical (unpaired) electrons. The maximum atomic E-state index is 6.48. The zero-order chi connectivity index (χ0) is 27.9. The van der Waals surface area contributed by atoms with Crippen molar-refractivity contribution in [3.05, 3.63) is 108 Å². The van der Waals surface area contributed by atoms with Gasteiger partial charge in [-0.1, -0.05) is 80.6 Å². The monoisotopic (exact) mass is 528 g/mol. The molecule has 0 aliphatic carbocycles. The molecule has 0 amide bonds. The highest BCUT2D eigenvalue weighted by Crippen LogP contribution is 2.44. The van der Waals surface area contributed by atoms with Crippen LogP contribution in [-0.2, 0) is 15.0 Å². The summed E-state index contributed by atoms with van der Waals surface area (Å²) >= 11 is 0. The lowest BCUT2D eigenvalue weighted by atomic mass is 9.83. The van der Waals surface area contributed by atoms with Gasteiger partial charge >= 0.3 is 0 Å². The Kier molecular flexibility index (Phi) is 6.93. The van der Waals surface area contributed by atoms with Crippen molar-refractivity contribution in [1.29, 1.82) is 0 Å². The highest BCUT2D eigenvalue weighted by Gasteiger charge is 2.45. The van der Waals surface area contributed by atoms with Crippen molar-refractivity contribution in [2.45, 2.75) is 52.2 Å². The van der Waals surface area contributed by atoms with Crippen molar-refractivity contribution < 1.29 is 14.0 Å². The van der Waals surface area contributed by atoms with Gasteiger partial charge in [-0.05, 0) is 59.2 Å². The molecule has 1 unspecified atom stereocenters. The number of benzene rings is 4. The Morgan fingerprint density at radius 2 is 1.40 bits per heavy atom. The molecule has 3 nitrogen and oxygen atoms in total. The molecule has 0 N–H and O–H groups in total. The molecule has 0 spiro atoms. The number of hydrogen-bond donors (Lipinski definition) is 0. The van der Waals surface area contributed by atoms with E-state index in [0.29, 0.717) is 6.61 Å². The normalized spacial score (nSPS) is 15.4. The predicted octanol–water partition coefficient (Wildman–Crippen LogP) is 8.97. The summed E-state index contributed by atoms with van der Waals surface area (Å²) in [6.45, 7) is 9.22. The van der Waals surface area contributed by atoms with Gasteiger partial charge in [-0.2, -0.15) is 4.57 Å². The van der Waals surface area contributed by atoms with E-state index in [-0.39, 0.29) is 11.6 Å². The van der Waals surface area contributed by atoms with Gasteiger partial charge in [0, 0.05) is 29.9 Å². The SMILES string of the molecule is CCC1(CC)C(COC(C)C=C(C)OC)=Cc2ccccc2-c2c3c4ccccc4c4ccccc4c3cc[n+]21. The van der Waals surface area contributed by atoms with E-state index >= 15 is 0 Å². The number of aromatic nitrogens is 1. The Labute approximate surface area is 237 Å². The van der Waals surface area contributed by atoms with Crippen LogP contribution >= 0.6 is 0 Å². The second-order valence-corrected chi connectivity index (χ2v) is 10.9. The first-order valence-electron chi connectivity index (χ1n) is 14.4. The van der Waals surface area contributed by atoms with Crippen molar-refractivity contribution >= 4 is 38.4 Å². The Balaban J connectivity index is 1.68. The lowest BCUT2D eigenvalue weighted by Crippen LogP contribution is -2.58. The highest BCUT2D eigenvalue weighted by molar-refractivity contribution is 6.27. The number of nitrogens with zero attached hydrogens (tertiary/aromatic N) is 1. The number of pyridine rings is 1. The van der Waals surface area contributed by atoms with Crippen LogP contribution in [0.2, 0.25) is 0 Å². The first-order chi connectivity index (χ1) is 19.5. The van der Waals surface area contributed by atoms with Gasteiger partial charge in [-0.25, -0.2) is 0 Å². The molecule has 3 heteroatoms. The summed E-state index contributed by atoms with van der Waals surface area (Å²) in [6, 6.07) is 28.9. The van der Waals surface area contributed by atoms with E-state index < -0.39 is 0 Å². The Morgan fingerprint density at radius 1 is 0.825 bits per heavy atom. The van der Waals surface area contributed by atoms with Gasteiger partial charge in [0.2, 0.25) is 5.69 Å². The molecule has 5 aromatic rings. The Morgan fingerprint density at radius 3 is 2.05 bits per heavy atom. The van der Waals surface area contributed by atoms with Crippen LogP contribution in [0.5, 0.6) is 0 Å². The average Bonchev–Trinajstić information content (AvgIpc) is 3.12. The number of rotatable bonds is 7. The molecule has 1 aromatic heterocycles. The van der Waals surface area contributed by atoms with Gasteiger partial charge in [0.25, 0.3) is 0 Å². The fourth-order valence-corrected chi connectivity index (χ4v) is 6.77. The largest absolute Gasteiger partial charge is 0.502 e. The number of ether oxygens (including phenoxy) is 2. The summed E-state index contributed by atoms with van der Waals surface area (Å²) < 4.78 is 14.4. The number of hydrogen-bond acceptors (Lipinski definition) is 2. The van der Waals surface area contributed by atoms with Gasteiger partial charge < -0.3 is 9.47 Å². The number of fused-ring (bicyclic) bond motifs is 10. The second kappa shape index (κ2) is 10.6. The quantitative estimate of drug-likeness (QED) is 0.119. The van der Waals surface area contributed by atoms with Crippen molar-refractivity contribution in [2.75, 3.05) is 13.7 Å². The van der Waals surface area contributed by atoms with Crippen molar-refractivity contribution in [1.82, 2.24) is 0 Å². The molecule has 202 valence electrons. The highest BCUT2D eigenvalue weighted by atomic mass is 16.5. The van der Waals surface area contributed by atoms with Gasteiger partial charge in [0.15, 0.2) is 11.7 Å². The molecule has 40 heavy (non-hydrogen) atoms. The van der Waals surface area contributed by atoms with Crippen LogP contribution in [0, 0.1) is 0 Å². The lowest BCUT2D eigenvalue weighted by molar-refractivity contribution is -0.745. The van der Waals surface area contributed by atoms with Crippen LogP contribution in [0.4, 0.5) is 0 Å². The summed E-state index contributed by atoms with van der Waals surface area (Å²) in [5.41, 5.74) is 4.86. The molecule has 1 aliphatic heterocycles. The Bertz CT molecular complexity index is 1760. The van der Waals surface area contributed by atoms with E-state index in [0.717, 1.165) is 18.6 Å². The molecular formula is C37H38NO2+. The standard InChI is InChI=1S/C37H38NO2/c1-6-37(7-2)28(24-40-26(4)22-25(3)39-5)23-27-14-8-9-15-29(27)36-35-33-19-13-12-17-31(33)30-16-10-11-18-32(30)34(35)20-21-38(36)37/h8-23,26H,6-7,24H2,1-5H3/q+1. The molecule has 6 rings (SSSR count). The molecule has 1 atom stereocenters. The van der Waals surface area contributed by atoms with E-state index in [4.69, 9.17) is 9.47 Å². The van der Waals surface area contributed by atoms with Crippen LogP contribution in [0.1, 0.15) is 46.1 Å². The van der Waals surface area contributed by atoms with Gasteiger partial charge in [0.05, 0.1) is 36.5 Å². The zero-order valence-electron chi connectivity index (χ0n) is 24.2. The maximum absolute atomic E-state index is 6.48. The number of methoxy groups -OCH3 is 1. The second-order valence-electron chi connectivity index (χ2n) is 10.9. The van der Waals surface area contributed by atoms with Gasteiger partial charge in [-0.15, -0.1) is 0 Å². The number of allylic oxidation sites excluding steroid dienone is 1. The van der Waals surface area contributed by atoms with E-state index in [1.807, 2.05) is 13.0 Å². The van der Waals surface area contributed by atoms with Crippen LogP contribution in [0.3, 0.4) is 0 Å². The summed E-state index contributed by atoms with van der Waals surface area (Å²) in [4.78, 5) is 0. The molecule has 4 aromatic carbocycles. The maximum Gasteiger partial charge on any atom is 0.222 e. The minimum atomic E-state index is -0.227. The molecule has 1 aliphatic rings. The molecule has 0 fully saturated rings. The van der Waals surface area contributed by atoms with E-state index in [9.17, 15) is 0 Å². The summed E-state index contributed by atoms with van der Waals surface area (Å²) in [5.74, 6) is 0.871. The third kappa shape index (κ3) is 4.12. The average molecular weight is 529 g/mol. The molecule has 0 saturated carbocycles. The fraction of sp³-hybridized carbons (Fsp3) is 0.270. The van der Waals surface area contributed by atoms with Crippen LogP contribution in [0.15, 0.2) is 102 Å². The van der Waals surface area contributed by atoms with Gasteiger partial charge in [0.1, 0.15) is 0 Å². The predicted molar refractivity (Wildman–Crippen MR) is 167 cm³/mol. The van der Waals surface area contributed by atoms with Crippen molar-refractivity contribution in [2.24, 2.45) is 0 Å². The summed E-state index contributed by atoms with van der Waals surface area (Å²) in [5, 5.41) is 7.81. The first kappa shape index (κ1) is 26.3.